The number of rotatable bonds is 10. The minimum atomic E-state index is -3.23. The molecule has 0 bridgehead atoms. The number of hydrogen-bond acceptors (Lipinski definition) is 4. The Balaban J connectivity index is 1.57. The van der Waals surface area contributed by atoms with E-state index in [1.54, 1.807) is 30.1 Å². The van der Waals surface area contributed by atoms with E-state index < -0.39 is 18.0 Å². The van der Waals surface area contributed by atoms with Crippen LogP contribution in [0.1, 0.15) is 29.2 Å². The molecule has 1 N–H and O–H groups in total. The van der Waals surface area contributed by atoms with Crippen LogP contribution in [0.25, 0.3) is 11.0 Å². The second kappa shape index (κ2) is 10.1. The van der Waals surface area contributed by atoms with E-state index in [1.807, 2.05) is 30.3 Å². The maximum atomic E-state index is 15.4. The van der Waals surface area contributed by atoms with Gasteiger partial charge in [0.25, 0.3) is 5.92 Å². The Morgan fingerprint density at radius 3 is 2.56 bits per heavy atom. The lowest BCUT2D eigenvalue weighted by Gasteiger charge is -2.24. The van der Waals surface area contributed by atoms with Crippen LogP contribution in [0, 0.1) is 0 Å². The monoisotopic (exact) mass is 465 g/mol. The first-order chi connectivity index (χ1) is 16.3. The van der Waals surface area contributed by atoms with Crippen LogP contribution >= 0.6 is 0 Å². The van der Waals surface area contributed by atoms with Gasteiger partial charge < -0.3 is 14.3 Å². The van der Waals surface area contributed by atoms with Gasteiger partial charge in [-0.1, -0.05) is 42.5 Å². The topological polar surface area (TPSA) is 62.9 Å². The Bertz CT molecular complexity index is 1260. The molecule has 0 aliphatic rings. The van der Waals surface area contributed by atoms with Crippen molar-refractivity contribution in [1.29, 1.82) is 0 Å². The number of furan rings is 1. The third-order valence-corrected chi connectivity index (χ3v) is 5.64. The highest BCUT2D eigenvalue weighted by Crippen LogP contribution is 2.39. The molecule has 0 aliphatic carbocycles. The van der Waals surface area contributed by atoms with Crippen LogP contribution in [0.4, 0.5) is 8.78 Å². The SMILES string of the molecule is CN(CCC(Oc1cccc(C(F)(F)c2ccc3occc3c2)c1)c1ccccc1)CC(=O)O. The number of aliphatic carboxylic acids is 1. The molecule has 3 aromatic carbocycles. The highest BCUT2D eigenvalue weighted by Gasteiger charge is 2.34. The third kappa shape index (κ3) is 5.43. The van der Waals surface area contributed by atoms with Crippen molar-refractivity contribution >= 4 is 16.9 Å². The molecule has 176 valence electrons. The predicted molar refractivity (Wildman–Crippen MR) is 125 cm³/mol. The number of halogens is 2. The van der Waals surface area contributed by atoms with Crippen molar-refractivity contribution < 1.29 is 27.8 Å². The summed E-state index contributed by atoms with van der Waals surface area (Å²) < 4.78 is 42.2. The highest BCUT2D eigenvalue weighted by molar-refractivity contribution is 5.78. The molecule has 0 spiro atoms. The number of alkyl halides is 2. The van der Waals surface area contributed by atoms with Crippen molar-refractivity contribution in [2.45, 2.75) is 18.4 Å². The molecule has 0 saturated carbocycles. The second-order valence-electron chi connectivity index (χ2n) is 8.21. The zero-order valence-electron chi connectivity index (χ0n) is 18.7. The molecular weight excluding hydrogens is 440 g/mol. The summed E-state index contributed by atoms with van der Waals surface area (Å²) in [6.45, 7) is 0.372. The zero-order chi connectivity index (χ0) is 24.1. The number of hydrogen-bond donors (Lipinski definition) is 1. The first-order valence-corrected chi connectivity index (χ1v) is 10.9. The number of carboxylic acid groups (broad SMARTS) is 1. The van der Waals surface area contributed by atoms with Gasteiger partial charge in [-0.2, -0.15) is 8.78 Å². The molecular formula is C27H25F2NO4. The third-order valence-electron chi connectivity index (χ3n) is 5.64. The Labute approximate surface area is 196 Å². The van der Waals surface area contributed by atoms with E-state index in [-0.39, 0.29) is 17.7 Å². The molecule has 1 heterocycles. The van der Waals surface area contributed by atoms with Gasteiger partial charge in [0.2, 0.25) is 0 Å². The maximum Gasteiger partial charge on any atom is 0.317 e. The normalized spacial score (nSPS) is 12.7. The first kappa shape index (κ1) is 23.4. The summed E-state index contributed by atoms with van der Waals surface area (Å²) in [5.74, 6) is -3.83. The molecule has 1 unspecified atom stereocenters. The molecule has 0 radical (unpaired) electrons. The standard InChI is InChI=1S/C27H25F2NO4/c1-30(18-26(31)32)14-12-25(19-6-3-2-4-7-19)34-23-9-5-8-21(17-23)27(28,29)22-10-11-24-20(16-22)13-15-33-24/h2-11,13,15-17,25H,12,14,18H2,1H3,(H,31,32). The van der Waals surface area contributed by atoms with E-state index in [9.17, 15) is 4.79 Å². The molecule has 0 aliphatic heterocycles. The van der Waals surface area contributed by atoms with E-state index >= 15 is 8.78 Å². The largest absolute Gasteiger partial charge is 0.486 e. The van der Waals surface area contributed by atoms with E-state index in [0.717, 1.165) is 5.56 Å². The molecule has 0 fully saturated rings. The van der Waals surface area contributed by atoms with Crippen LogP contribution < -0.4 is 4.74 Å². The fourth-order valence-electron chi connectivity index (χ4n) is 3.87. The number of benzene rings is 3. The van der Waals surface area contributed by atoms with Gasteiger partial charge in [-0.25, -0.2) is 0 Å². The van der Waals surface area contributed by atoms with Crippen LogP contribution in [0.2, 0.25) is 0 Å². The van der Waals surface area contributed by atoms with Crippen molar-refractivity contribution in [2.75, 3.05) is 20.1 Å². The Hall–Kier alpha value is -3.71. The number of carboxylic acids is 1. The Kier molecular flexibility index (Phi) is 6.93. The minimum Gasteiger partial charge on any atom is -0.486 e. The average Bonchev–Trinajstić information content (AvgIpc) is 3.30. The second-order valence-corrected chi connectivity index (χ2v) is 8.21. The van der Waals surface area contributed by atoms with Crippen LogP contribution in [0.5, 0.6) is 5.75 Å². The van der Waals surface area contributed by atoms with Crippen molar-refractivity contribution in [3.63, 3.8) is 0 Å². The van der Waals surface area contributed by atoms with Crippen LogP contribution in [0.15, 0.2) is 89.5 Å². The molecule has 0 amide bonds. The summed E-state index contributed by atoms with van der Waals surface area (Å²) in [5.41, 5.74) is 1.13. The fraction of sp³-hybridized carbons (Fsp3) is 0.222. The van der Waals surface area contributed by atoms with Crippen molar-refractivity contribution in [2.24, 2.45) is 0 Å². The molecule has 7 heteroatoms. The zero-order valence-corrected chi connectivity index (χ0v) is 18.7. The summed E-state index contributed by atoms with van der Waals surface area (Å²) in [6.07, 6.45) is 1.54. The lowest BCUT2D eigenvalue weighted by atomic mass is 9.99. The molecule has 4 rings (SSSR count). The molecule has 1 atom stereocenters. The van der Waals surface area contributed by atoms with E-state index in [0.29, 0.717) is 29.7 Å². The van der Waals surface area contributed by atoms with Crippen molar-refractivity contribution in [3.05, 3.63) is 102 Å². The summed E-state index contributed by atoms with van der Waals surface area (Å²) in [7, 11) is 1.72. The minimum absolute atomic E-state index is 0.0930. The van der Waals surface area contributed by atoms with E-state index in [1.165, 1.54) is 36.6 Å². The Morgan fingerprint density at radius 2 is 1.79 bits per heavy atom. The maximum absolute atomic E-state index is 15.4. The molecule has 4 aromatic rings. The van der Waals surface area contributed by atoms with Crippen LogP contribution in [-0.4, -0.2) is 36.1 Å². The average molecular weight is 465 g/mol. The van der Waals surface area contributed by atoms with Gasteiger partial charge in [0.05, 0.1) is 12.8 Å². The first-order valence-electron chi connectivity index (χ1n) is 10.9. The number of ether oxygens (including phenoxy) is 1. The number of nitrogens with zero attached hydrogens (tertiary/aromatic N) is 1. The van der Waals surface area contributed by atoms with Crippen LogP contribution in [0.3, 0.4) is 0 Å². The molecule has 5 nitrogen and oxygen atoms in total. The van der Waals surface area contributed by atoms with Gasteiger partial charge in [-0.15, -0.1) is 0 Å². The van der Waals surface area contributed by atoms with E-state index in [4.69, 9.17) is 14.3 Å². The van der Waals surface area contributed by atoms with Crippen molar-refractivity contribution in [3.8, 4) is 5.75 Å². The lowest BCUT2D eigenvalue weighted by molar-refractivity contribution is -0.138. The van der Waals surface area contributed by atoms with Gasteiger partial charge in [-0.3, -0.25) is 9.69 Å². The van der Waals surface area contributed by atoms with Gasteiger partial charge in [0.15, 0.2) is 0 Å². The molecule has 0 saturated heterocycles. The highest BCUT2D eigenvalue weighted by atomic mass is 19.3. The van der Waals surface area contributed by atoms with Gasteiger partial charge >= 0.3 is 5.97 Å². The number of carbonyl (C=O) groups is 1. The summed E-state index contributed by atoms with van der Waals surface area (Å²) in [4.78, 5) is 12.7. The lowest BCUT2D eigenvalue weighted by Crippen LogP contribution is -2.28. The summed E-state index contributed by atoms with van der Waals surface area (Å²) in [6, 6.07) is 21.4. The molecule has 34 heavy (non-hydrogen) atoms. The van der Waals surface area contributed by atoms with Gasteiger partial charge in [-0.05, 0) is 49.0 Å². The van der Waals surface area contributed by atoms with Gasteiger partial charge in [0, 0.05) is 29.5 Å². The number of likely N-dealkylation sites (N-methyl/N-ethyl adjacent to an activating group) is 1. The quantitative estimate of drug-likeness (QED) is 0.307. The van der Waals surface area contributed by atoms with E-state index in [2.05, 4.69) is 0 Å². The fourth-order valence-corrected chi connectivity index (χ4v) is 3.87. The van der Waals surface area contributed by atoms with Crippen molar-refractivity contribution in [1.82, 2.24) is 4.90 Å². The summed E-state index contributed by atoms with van der Waals surface area (Å²) >= 11 is 0. The van der Waals surface area contributed by atoms with Crippen LogP contribution in [-0.2, 0) is 10.7 Å². The number of fused-ring (bicyclic) bond motifs is 1. The predicted octanol–water partition coefficient (Wildman–Crippen LogP) is 6.10. The molecule has 1 aromatic heterocycles. The van der Waals surface area contributed by atoms with Gasteiger partial charge in [0.1, 0.15) is 17.4 Å². The smallest absolute Gasteiger partial charge is 0.317 e. The summed E-state index contributed by atoms with van der Waals surface area (Å²) in [5, 5.41) is 9.61. The Morgan fingerprint density at radius 1 is 1.03 bits per heavy atom.